The SMILES string of the molecule is Cc1ccc(NC(=O)c2ccc3ncccc3c2NC(=O)CCOCCOCCNC(=O)OC(C)(C)C)nc1. The van der Waals surface area contributed by atoms with Gasteiger partial charge in [-0.1, -0.05) is 6.07 Å². The van der Waals surface area contributed by atoms with E-state index in [-0.39, 0.29) is 25.5 Å². The Morgan fingerprint density at radius 3 is 2.38 bits per heavy atom. The van der Waals surface area contributed by atoms with E-state index < -0.39 is 17.6 Å². The van der Waals surface area contributed by atoms with Crippen LogP contribution in [-0.2, 0) is 19.0 Å². The molecule has 0 unspecified atom stereocenters. The number of ether oxygens (including phenoxy) is 3. The first kappa shape index (κ1) is 29.5. The first-order chi connectivity index (χ1) is 18.6. The van der Waals surface area contributed by atoms with E-state index >= 15 is 0 Å². The first-order valence-corrected chi connectivity index (χ1v) is 12.7. The van der Waals surface area contributed by atoms with Gasteiger partial charge < -0.3 is 30.2 Å². The topological polar surface area (TPSA) is 141 Å². The molecule has 11 nitrogen and oxygen atoms in total. The van der Waals surface area contributed by atoms with Crippen molar-refractivity contribution >= 4 is 40.3 Å². The maximum atomic E-state index is 13.1. The van der Waals surface area contributed by atoms with Gasteiger partial charge in [0, 0.05) is 24.3 Å². The lowest BCUT2D eigenvalue weighted by atomic mass is 10.1. The molecule has 208 valence electrons. The summed E-state index contributed by atoms with van der Waals surface area (Å²) in [5.74, 6) is -0.302. The van der Waals surface area contributed by atoms with Crippen molar-refractivity contribution in [2.75, 3.05) is 43.6 Å². The molecule has 3 aromatic rings. The molecule has 39 heavy (non-hydrogen) atoms. The van der Waals surface area contributed by atoms with Crippen LogP contribution < -0.4 is 16.0 Å². The van der Waals surface area contributed by atoms with Gasteiger partial charge in [0.25, 0.3) is 5.91 Å². The second-order valence-corrected chi connectivity index (χ2v) is 9.68. The van der Waals surface area contributed by atoms with E-state index in [0.29, 0.717) is 47.7 Å². The highest BCUT2D eigenvalue weighted by Crippen LogP contribution is 2.27. The molecule has 0 spiro atoms. The van der Waals surface area contributed by atoms with E-state index in [1.165, 1.54) is 0 Å². The van der Waals surface area contributed by atoms with E-state index in [0.717, 1.165) is 5.56 Å². The largest absolute Gasteiger partial charge is 0.444 e. The summed E-state index contributed by atoms with van der Waals surface area (Å²) in [6, 6.07) is 10.5. The molecule has 0 atom stereocenters. The van der Waals surface area contributed by atoms with Crippen LogP contribution in [0.5, 0.6) is 0 Å². The predicted octanol–water partition coefficient (Wildman–Crippen LogP) is 4.08. The fourth-order valence-electron chi connectivity index (χ4n) is 3.43. The minimum atomic E-state index is -0.553. The van der Waals surface area contributed by atoms with Crippen LogP contribution in [-0.4, -0.2) is 66.4 Å². The molecular weight excluding hydrogens is 502 g/mol. The van der Waals surface area contributed by atoms with E-state index in [1.54, 1.807) is 63.5 Å². The normalized spacial score (nSPS) is 11.2. The molecule has 0 aliphatic carbocycles. The molecule has 0 saturated heterocycles. The van der Waals surface area contributed by atoms with Gasteiger partial charge in [0.2, 0.25) is 5.91 Å². The maximum Gasteiger partial charge on any atom is 0.407 e. The van der Waals surface area contributed by atoms with Crippen molar-refractivity contribution < 1.29 is 28.6 Å². The number of benzene rings is 1. The number of alkyl carbamates (subject to hydrolysis) is 1. The zero-order valence-electron chi connectivity index (χ0n) is 22.7. The Bertz CT molecular complexity index is 1270. The molecule has 3 amide bonds. The summed E-state index contributed by atoms with van der Waals surface area (Å²) in [4.78, 5) is 45.9. The predicted molar refractivity (Wildman–Crippen MR) is 148 cm³/mol. The molecule has 0 radical (unpaired) electrons. The van der Waals surface area contributed by atoms with Gasteiger partial charge in [-0.25, -0.2) is 9.78 Å². The van der Waals surface area contributed by atoms with Crippen molar-refractivity contribution in [3.63, 3.8) is 0 Å². The number of aryl methyl sites for hydroxylation is 1. The summed E-state index contributed by atoms with van der Waals surface area (Å²) < 4.78 is 16.0. The van der Waals surface area contributed by atoms with Crippen LogP contribution in [0.3, 0.4) is 0 Å². The molecule has 3 N–H and O–H groups in total. The van der Waals surface area contributed by atoms with E-state index in [2.05, 4.69) is 25.9 Å². The van der Waals surface area contributed by atoms with Crippen LogP contribution in [0.4, 0.5) is 16.3 Å². The zero-order valence-corrected chi connectivity index (χ0v) is 22.7. The minimum Gasteiger partial charge on any atom is -0.444 e. The quantitative estimate of drug-likeness (QED) is 0.294. The Labute approximate surface area is 227 Å². The lowest BCUT2D eigenvalue weighted by molar-refractivity contribution is -0.117. The molecule has 0 fully saturated rings. The smallest absolute Gasteiger partial charge is 0.407 e. The number of hydrogen-bond acceptors (Lipinski definition) is 8. The van der Waals surface area contributed by atoms with Crippen LogP contribution in [0.15, 0.2) is 48.8 Å². The molecule has 11 heteroatoms. The van der Waals surface area contributed by atoms with Crippen LogP contribution in [0.1, 0.15) is 43.1 Å². The second kappa shape index (κ2) is 14.2. The molecule has 2 aromatic heterocycles. The molecule has 0 bridgehead atoms. The Hall–Kier alpha value is -4.09. The lowest BCUT2D eigenvalue weighted by Crippen LogP contribution is -2.34. The third-order valence-electron chi connectivity index (χ3n) is 5.21. The Morgan fingerprint density at radius 1 is 0.897 bits per heavy atom. The number of aromatic nitrogens is 2. The average molecular weight is 538 g/mol. The Kier molecular flexibility index (Phi) is 10.7. The van der Waals surface area contributed by atoms with Gasteiger partial charge in [0.05, 0.1) is 49.6 Å². The van der Waals surface area contributed by atoms with Gasteiger partial charge >= 0.3 is 6.09 Å². The summed E-state index contributed by atoms with van der Waals surface area (Å²) in [5, 5.41) is 8.87. The molecule has 0 aliphatic heterocycles. The first-order valence-electron chi connectivity index (χ1n) is 12.7. The third-order valence-corrected chi connectivity index (χ3v) is 5.21. The summed E-state index contributed by atoms with van der Waals surface area (Å²) >= 11 is 0. The van der Waals surface area contributed by atoms with Crippen LogP contribution in [0.2, 0.25) is 0 Å². The molecule has 1 aromatic carbocycles. The van der Waals surface area contributed by atoms with Crippen molar-refractivity contribution in [3.8, 4) is 0 Å². The highest BCUT2D eigenvalue weighted by atomic mass is 16.6. The fourth-order valence-corrected chi connectivity index (χ4v) is 3.43. The van der Waals surface area contributed by atoms with Crippen LogP contribution in [0.25, 0.3) is 10.9 Å². The van der Waals surface area contributed by atoms with Gasteiger partial charge in [-0.05, 0) is 63.6 Å². The lowest BCUT2D eigenvalue weighted by Gasteiger charge is -2.19. The average Bonchev–Trinajstić information content (AvgIpc) is 2.88. The van der Waals surface area contributed by atoms with Crippen molar-refractivity contribution in [1.29, 1.82) is 0 Å². The van der Waals surface area contributed by atoms with Gasteiger partial charge in [-0.15, -0.1) is 0 Å². The number of anilines is 2. The van der Waals surface area contributed by atoms with Crippen molar-refractivity contribution in [1.82, 2.24) is 15.3 Å². The summed E-state index contributed by atoms with van der Waals surface area (Å²) in [7, 11) is 0. The number of fused-ring (bicyclic) bond motifs is 1. The van der Waals surface area contributed by atoms with Crippen molar-refractivity contribution in [2.24, 2.45) is 0 Å². The summed E-state index contributed by atoms with van der Waals surface area (Å²) in [6.07, 6.45) is 2.89. The number of hydrogen-bond donors (Lipinski definition) is 3. The summed E-state index contributed by atoms with van der Waals surface area (Å²) in [6.45, 7) is 8.67. The zero-order chi connectivity index (χ0) is 28.3. The standard InChI is InChI=1S/C28H35N5O6/c1-19-7-10-23(31-18-19)32-26(35)21-8-9-22-20(6-5-12-29-22)25(21)33-24(34)11-14-37-16-17-38-15-13-30-27(36)39-28(2,3)4/h5-10,12,18H,11,13-17H2,1-4H3,(H,30,36)(H,33,34)(H,31,32,35). The monoisotopic (exact) mass is 537 g/mol. The maximum absolute atomic E-state index is 13.1. The number of carbonyl (C=O) groups is 3. The molecule has 2 heterocycles. The number of nitrogens with zero attached hydrogens (tertiary/aromatic N) is 2. The second-order valence-electron chi connectivity index (χ2n) is 9.68. The Morgan fingerprint density at radius 2 is 1.67 bits per heavy atom. The number of carbonyl (C=O) groups excluding carboxylic acids is 3. The highest BCUT2D eigenvalue weighted by molar-refractivity contribution is 6.15. The van der Waals surface area contributed by atoms with E-state index in [4.69, 9.17) is 14.2 Å². The molecular formula is C28H35N5O6. The number of rotatable bonds is 12. The van der Waals surface area contributed by atoms with Gasteiger partial charge in [0.1, 0.15) is 11.4 Å². The van der Waals surface area contributed by atoms with Gasteiger partial charge in [0.15, 0.2) is 0 Å². The highest BCUT2D eigenvalue weighted by Gasteiger charge is 2.18. The fraction of sp³-hybridized carbons (Fsp3) is 0.393. The minimum absolute atomic E-state index is 0.0808. The number of amides is 3. The van der Waals surface area contributed by atoms with Crippen LogP contribution in [0, 0.1) is 6.92 Å². The van der Waals surface area contributed by atoms with Gasteiger partial charge in [-0.3, -0.25) is 14.6 Å². The molecule has 0 saturated carbocycles. The van der Waals surface area contributed by atoms with E-state index in [9.17, 15) is 14.4 Å². The summed E-state index contributed by atoms with van der Waals surface area (Å²) in [5.41, 5.74) is 1.73. The number of pyridine rings is 2. The third kappa shape index (κ3) is 9.95. The molecule has 0 aliphatic rings. The molecule has 3 rings (SSSR count). The Balaban J connectivity index is 1.46. The van der Waals surface area contributed by atoms with Crippen molar-refractivity contribution in [3.05, 3.63) is 59.9 Å². The van der Waals surface area contributed by atoms with Gasteiger partial charge in [-0.2, -0.15) is 0 Å². The van der Waals surface area contributed by atoms with Crippen molar-refractivity contribution in [2.45, 2.75) is 39.7 Å². The van der Waals surface area contributed by atoms with E-state index in [1.807, 2.05) is 13.0 Å². The number of nitrogens with one attached hydrogen (secondary N) is 3. The van der Waals surface area contributed by atoms with Crippen LogP contribution >= 0.6 is 0 Å².